The van der Waals surface area contributed by atoms with E-state index < -0.39 is 0 Å². The number of carbonyl (C=O) groups excluding carboxylic acids is 1. The number of alkyl halides is 1. The van der Waals surface area contributed by atoms with Crippen LogP contribution in [0.4, 0.5) is 5.69 Å². The molecule has 0 aliphatic carbocycles. The Morgan fingerprint density at radius 2 is 1.85 bits per heavy atom. The Bertz CT molecular complexity index is 351. The first kappa shape index (κ1) is 10.6. The summed E-state index contributed by atoms with van der Waals surface area (Å²) in [5, 5.41) is 0.620. The number of hydrogen-bond donors (Lipinski definition) is 1. The van der Waals surface area contributed by atoms with Gasteiger partial charge in [0.1, 0.15) is 0 Å². The lowest BCUT2D eigenvalue weighted by Gasteiger charge is -2.04. The van der Waals surface area contributed by atoms with Crippen molar-refractivity contribution in [3.63, 3.8) is 0 Å². The summed E-state index contributed by atoms with van der Waals surface area (Å²) in [6.07, 6.45) is 0. The number of nitrogens with two attached hydrogens (primary N) is 1. The first-order chi connectivity index (χ1) is 6.06. The van der Waals surface area contributed by atoms with Crippen LogP contribution in [0.25, 0.3) is 0 Å². The summed E-state index contributed by atoms with van der Waals surface area (Å²) in [6, 6.07) is 2.85. The topological polar surface area (TPSA) is 43.1 Å². The maximum absolute atomic E-state index is 11.2. The third-order valence-electron chi connectivity index (χ3n) is 1.51. The Hall–Kier alpha value is -0.440. The molecule has 1 aromatic carbocycles. The molecule has 0 atom stereocenters. The molecule has 0 aromatic heterocycles. The molecule has 13 heavy (non-hydrogen) atoms. The lowest BCUT2D eigenvalue weighted by atomic mass is 10.1. The van der Waals surface area contributed by atoms with Crippen molar-refractivity contribution in [2.24, 2.45) is 0 Å². The van der Waals surface area contributed by atoms with Gasteiger partial charge in [0.15, 0.2) is 5.78 Å². The second kappa shape index (κ2) is 4.18. The summed E-state index contributed by atoms with van der Waals surface area (Å²) in [7, 11) is 0. The molecule has 0 saturated heterocycles. The zero-order valence-corrected chi connectivity index (χ0v) is 8.75. The average Bonchev–Trinajstić information content (AvgIpc) is 2.10. The molecule has 0 heterocycles. The standard InChI is InChI=1S/C8H6Cl3NO/c9-3-8(13)4-1-5(10)6(11)2-7(4)12/h1-2H,3,12H2. The minimum atomic E-state index is -0.266. The maximum atomic E-state index is 11.2. The van der Waals surface area contributed by atoms with Gasteiger partial charge in [-0.05, 0) is 12.1 Å². The van der Waals surface area contributed by atoms with Gasteiger partial charge in [-0.3, -0.25) is 4.79 Å². The zero-order chi connectivity index (χ0) is 10.0. The van der Waals surface area contributed by atoms with E-state index in [0.717, 1.165) is 0 Å². The number of carbonyl (C=O) groups is 1. The zero-order valence-electron chi connectivity index (χ0n) is 6.48. The smallest absolute Gasteiger partial charge is 0.179 e. The Labute approximate surface area is 90.6 Å². The molecule has 0 spiro atoms. The normalized spacial score (nSPS) is 10.1. The molecule has 0 unspecified atom stereocenters. The molecule has 0 bridgehead atoms. The second-order valence-electron chi connectivity index (χ2n) is 2.41. The number of nitrogen functional groups attached to an aromatic ring is 1. The molecule has 0 amide bonds. The van der Waals surface area contributed by atoms with Crippen molar-refractivity contribution in [1.29, 1.82) is 0 Å². The van der Waals surface area contributed by atoms with Gasteiger partial charge < -0.3 is 5.73 Å². The van der Waals surface area contributed by atoms with Crippen molar-refractivity contribution in [3.05, 3.63) is 27.7 Å². The number of benzene rings is 1. The van der Waals surface area contributed by atoms with Gasteiger partial charge in [-0.15, -0.1) is 11.6 Å². The first-order valence-corrected chi connectivity index (χ1v) is 4.69. The van der Waals surface area contributed by atoms with E-state index in [1.165, 1.54) is 12.1 Å². The lowest BCUT2D eigenvalue weighted by Crippen LogP contribution is -2.04. The summed E-state index contributed by atoms with van der Waals surface area (Å²) in [5.74, 6) is -0.389. The van der Waals surface area contributed by atoms with Crippen LogP contribution in [0.15, 0.2) is 12.1 Å². The van der Waals surface area contributed by atoms with E-state index in [-0.39, 0.29) is 11.7 Å². The van der Waals surface area contributed by atoms with Crippen LogP contribution in [-0.2, 0) is 0 Å². The van der Waals surface area contributed by atoms with Crippen LogP contribution >= 0.6 is 34.8 Å². The largest absolute Gasteiger partial charge is 0.398 e. The van der Waals surface area contributed by atoms with Gasteiger partial charge in [0.25, 0.3) is 0 Å². The third kappa shape index (κ3) is 2.27. The molecular weight excluding hydrogens is 232 g/mol. The van der Waals surface area contributed by atoms with Crippen molar-refractivity contribution < 1.29 is 4.79 Å². The van der Waals surface area contributed by atoms with E-state index in [1.54, 1.807) is 0 Å². The number of rotatable bonds is 2. The van der Waals surface area contributed by atoms with Crippen molar-refractivity contribution in [2.75, 3.05) is 11.6 Å². The minimum absolute atomic E-state index is 0.123. The Morgan fingerprint density at radius 3 is 2.38 bits per heavy atom. The number of anilines is 1. The number of hydrogen-bond acceptors (Lipinski definition) is 2. The highest BCUT2D eigenvalue weighted by Gasteiger charge is 2.11. The third-order valence-corrected chi connectivity index (χ3v) is 2.48. The summed E-state index contributed by atoms with van der Waals surface area (Å²) in [6.45, 7) is 0. The monoisotopic (exact) mass is 237 g/mol. The predicted molar refractivity (Wildman–Crippen MR) is 55.9 cm³/mol. The molecule has 5 heteroatoms. The average molecular weight is 239 g/mol. The van der Waals surface area contributed by atoms with Crippen molar-refractivity contribution in [1.82, 2.24) is 0 Å². The fourth-order valence-corrected chi connectivity index (χ4v) is 1.36. The molecule has 1 aromatic rings. The molecule has 0 aliphatic rings. The minimum Gasteiger partial charge on any atom is -0.398 e. The summed E-state index contributed by atoms with van der Waals surface area (Å²) in [4.78, 5) is 11.2. The van der Waals surface area contributed by atoms with Crippen LogP contribution in [0, 0.1) is 0 Å². The van der Waals surface area contributed by atoms with Gasteiger partial charge in [0.2, 0.25) is 0 Å². The van der Waals surface area contributed by atoms with Crippen LogP contribution in [0.5, 0.6) is 0 Å². The Kier molecular flexibility index (Phi) is 3.42. The molecular formula is C8H6Cl3NO. The summed E-state index contributed by atoms with van der Waals surface area (Å²) < 4.78 is 0. The van der Waals surface area contributed by atoms with Crippen LogP contribution in [0.1, 0.15) is 10.4 Å². The van der Waals surface area contributed by atoms with Crippen molar-refractivity contribution >= 4 is 46.3 Å². The number of halogens is 3. The molecule has 1 rings (SSSR count). The Morgan fingerprint density at radius 1 is 1.31 bits per heavy atom. The van der Waals surface area contributed by atoms with Crippen LogP contribution < -0.4 is 5.73 Å². The van der Waals surface area contributed by atoms with Gasteiger partial charge in [-0.2, -0.15) is 0 Å². The quantitative estimate of drug-likeness (QED) is 0.489. The second-order valence-corrected chi connectivity index (χ2v) is 3.49. The maximum Gasteiger partial charge on any atom is 0.179 e. The van der Waals surface area contributed by atoms with Crippen LogP contribution in [-0.4, -0.2) is 11.7 Å². The predicted octanol–water partition coefficient (Wildman–Crippen LogP) is 3.00. The molecule has 2 nitrogen and oxygen atoms in total. The van der Waals surface area contributed by atoms with E-state index in [4.69, 9.17) is 40.5 Å². The van der Waals surface area contributed by atoms with E-state index in [1.807, 2.05) is 0 Å². The molecule has 0 radical (unpaired) electrons. The van der Waals surface area contributed by atoms with Gasteiger partial charge in [-0.1, -0.05) is 23.2 Å². The highest BCUT2D eigenvalue weighted by molar-refractivity contribution is 6.42. The van der Waals surface area contributed by atoms with Gasteiger partial charge in [0.05, 0.1) is 15.9 Å². The van der Waals surface area contributed by atoms with Gasteiger partial charge >= 0.3 is 0 Å². The summed E-state index contributed by atoms with van der Waals surface area (Å²) >= 11 is 16.8. The SMILES string of the molecule is Nc1cc(Cl)c(Cl)cc1C(=O)CCl. The van der Waals surface area contributed by atoms with Gasteiger partial charge in [0, 0.05) is 11.3 Å². The van der Waals surface area contributed by atoms with Gasteiger partial charge in [-0.25, -0.2) is 0 Å². The van der Waals surface area contributed by atoms with Crippen LogP contribution in [0.2, 0.25) is 10.0 Å². The molecule has 0 saturated carbocycles. The first-order valence-electron chi connectivity index (χ1n) is 3.40. The van der Waals surface area contributed by atoms with Crippen molar-refractivity contribution in [3.8, 4) is 0 Å². The summed E-state index contributed by atoms with van der Waals surface area (Å²) in [5.41, 5.74) is 6.15. The highest BCUT2D eigenvalue weighted by Crippen LogP contribution is 2.27. The fraction of sp³-hybridized carbons (Fsp3) is 0.125. The van der Waals surface area contributed by atoms with Crippen molar-refractivity contribution in [2.45, 2.75) is 0 Å². The van der Waals surface area contributed by atoms with E-state index in [0.29, 0.717) is 21.3 Å². The lowest BCUT2D eigenvalue weighted by molar-refractivity contribution is 0.102. The molecule has 70 valence electrons. The fourth-order valence-electron chi connectivity index (χ4n) is 0.876. The number of Topliss-reactive ketones (excluding diaryl/α,β-unsaturated/α-hetero) is 1. The van der Waals surface area contributed by atoms with Crippen LogP contribution in [0.3, 0.4) is 0 Å². The van der Waals surface area contributed by atoms with E-state index in [9.17, 15) is 4.79 Å². The Balaban J connectivity index is 3.23. The number of ketones is 1. The molecule has 0 aliphatic heterocycles. The molecule has 2 N–H and O–H groups in total. The molecule has 0 fully saturated rings. The highest BCUT2D eigenvalue weighted by atomic mass is 35.5. The van der Waals surface area contributed by atoms with E-state index in [2.05, 4.69) is 0 Å². The van der Waals surface area contributed by atoms with E-state index >= 15 is 0 Å².